The molecule has 0 atom stereocenters. The van der Waals surface area contributed by atoms with Crippen molar-refractivity contribution in [3.05, 3.63) is 11.1 Å². The lowest BCUT2D eigenvalue weighted by Gasteiger charge is -2.24. The van der Waals surface area contributed by atoms with Crippen LogP contribution in [0.3, 0.4) is 0 Å². The molecule has 0 aromatic heterocycles. The molecule has 1 N–H and O–H groups in total. The summed E-state index contributed by atoms with van der Waals surface area (Å²) in [5.41, 5.74) is 0. The van der Waals surface area contributed by atoms with Crippen LogP contribution in [0.5, 0.6) is 0 Å². The standard InChI is InChI=1S/C8H14BrNO2S/c1-8(11-3-4-12-8)7(5-10-2)13-6-9/h5,10H,3-4,6H2,1-2H3/b7-5-. The maximum Gasteiger partial charge on any atom is 0.199 e. The number of hydrogen-bond donors (Lipinski definition) is 1. The Balaban J connectivity index is 2.67. The van der Waals surface area contributed by atoms with E-state index >= 15 is 0 Å². The Labute approximate surface area is 91.4 Å². The van der Waals surface area contributed by atoms with Crippen LogP contribution in [0.15, 0.2) is 11.1 Å². The van der Waals surface area contributed by atoms with Crippen molar-refractivity contribution in [3.63, 3.8) is 0 Å². The molecule has 0 saturated carbocycles. The highest BCUT2D eigenvalue weighted by molar-refractivity contribution is 9.11. The van der Waals surface area contributed by atoms with E-state index in [1.165, 1.54) is 0 Å². The predicted octanol–water partition coefficient (Wildman–Crippen LogP) is 1.90. The van der Waals surface area contributed by atoms with Crippen molar-refractivity contribution in [1.29, 1.82) is 0 Å². The quantitative estimate of drug-likeness (QED) is 0.789. The summed E-state index contributed by atoms with van der Waals surface area (Å²) in [6.07, 6.45) is 1.91. The van der Waals surface area contributed by atoms with Gasteiger partial charge in [0.1, 0.15) is 0 Å². The van der Waals surface area contributed by atoms with Crippen molar-refractivity contribution >= 4 is 27.7 Å². The highest BCUT2D eigenvalue weighted by Crippen LogP contribution is 2.35. The number of ether oxygens (including phenoxy) is 2. The van der Waals surface area contributed by atoms with Gasteiger partial charge in [0.25, 0.3) is 0 Å². The van der Waals surface area contributed by atoms with Crippen LogP contribution in [0.2, 0.25) is 0 Å². The number of nitrogens with one attached hydrogen (secondary N) is 1. The average Bonchev–Trinajstić information content (AvgIpc) is 2.53. The van der Waals surface area contributed by atoms with Gasteiger partial charge < -0.3 is 14.8 Å². The second kappa shape index (κ2) is 5.24. The van der Waals surface area contributed by atoms with Gasteiger partial charge in [-0.1, -0.05) is 15.9 Å². The van der Waals surface area contributed by atoms with Gasteiger partial charge in [0, 0.05) is 13.2 Å². The molecule has 13 heavy (non-hydrogen) atoms. The molecule has 76 valence electrons. The summed E-state index contributed by atoms with van der Waals surface area (Å²) < 4.78 is 11.9. The number of thioether (sulfide) groups is 1. The molecule has 0 unspecified atom stereocenters. The van der Waals surface area contributed by atoms with Gasteiger partial charge in [-0.25, -0.2) is 0 Å². The van der Waals surface area contributed by atoms with E-state index in [-0.39, 0.29) is 0 Å². The SMILES string of the molecule is CN/C=C(\SCBr)C1(C)OCCO1. The molecule has 0 spiro atoms. The first-order valence-electron chi connectivity index (χ1n) is 4.07. The number of halogens is 1. The molecule has 1 fully saturated rings. The van der Waals surface area contributed by atoms with Crippen molar-refractivity contribution in [2.45, 2.75) is 12.7 Å². The molecule has 3 nitrogen and oxygen atoms in total. The number of alkyl halides is 1. The van der Waals surface area contributed by atoms with E-state index in [9.17, 15) is 0 Å². The second-order valence-corrected chi connectivity index (χ2v) is 5.01. The zero-order valence-corrected chi connectivity index (χ0v) is 10.2. The zero-order chi connectivity index (χ0) is 9.73. The Morgan fingerprint density at radius 3 is 2.69 bits per heavy atom. The third kappa shape index (κ3) is 2.87. The Hall–Kier alpha value is 0.290. The summed E-state index contributed by atoms with van der Waals surface area (Å²) in [7, 11) is 1.87. The van der Waals surface area contributed by atoms with Gasteiger partial charge in [0.05, 0.1) is 22.8 Å². The molecule has 0 radical (unpaired) electrons. The molecule has 1 heterocycles. The lowest BCUT2D eigenvalue weighted by Crippen LogP contribution is -2.28. The highest BCUT2D eigenvalue weighted by atomic mass is 79.9. The molecule has 1 saturated heterocycles. The summed E-state index contributed by atoms with van der Waals surface area (Å²) in [6.45, 7) is 3.28. The minimum absolute atomic E-state index is 0.554. The van der Waals surface area contributed by atoms with E-state index in [1.54, 1.807) is 11.8 Å². The van der Waals surface area contributed by atoms with Crippen LogP contribution in [0.25, 0.3) is 0 Å². The van der Waals surface area contributed by atoms with Gasteiger partial charge in [-0.2, -0.15) is 0 Å². The molecule has 0 aliphatic carbocycles. The average molecular weight is 268 g/mol. The van der Waals surface area contributed by atoms with Crippen LogP contribution in [0, 0.1) is 0 Å². The smallest absolute Gasteiger partial charge is 0.199 e. The fraction of sp³-hybridized carbons (Fsp3) is 0.750. The van der Waals surface area contributed by atoms with Gasteiger partial charge in [0.2, 0.25) is 0 Å². The van der Waals surface area contributed by atoms with Crippen molar-refractivity contribution in [2.75, 3.05) is 24.9 Å². The van der Waals surface area contributed by atoms with Gasteiger partial charge in [-0.15, -0.1) is 11.8 Å². The minimum atomic E-state index is -0.554. The lowest BCUT2D eigenvalue weighted by atomic mass is 10.3. The van der Waals surface area contributed by atoms with Gasteiger partial charge in [-0.3, -0.25) is 0 Å². The summed E-state index contributed by atoms with van der Waals surface area (Å²) in [5.74, 6) is -0.554. The fourth-order valence-corrected chi connectivity index (χ4v) is 2.59. The summed E-state index contributed by atoms with van der Waals surface area (Å²) in [5, 5.41) is 2.99. The van der Waals surface area contributed by atoms with Crippen molar-refractivity contribution < 1.29 is 9.47 Å². The largest absolute Gasteiger partial charge is 0.393 e. The Morgan fingerprint density at radius 1 is 1.62 bits per heavy atom. The summed E-state index contributed by atoms with van der Waals surface area (Å²) >= 11 is 5.04. The van der Waals surface area contributed by atoms with Crippen LogP contribution >= 0.6 is 27.7 Å². The van der Waals surface area contributed by atoms with E-state index in [1.807, 2.05) is 20.2 Å². The third-order valence-corrected chi connectivity index (χ3v) is 3.37. The first-order chi connectivity index (χ1) is 6.23. The van der Waals surface area contributed by atoms with E-state index in [0.29, 0.717) is 13.2 Å². The van der Waals surface area contributed by atoms with Gasteiger partial charge in [0.15, 0.2) is 5.79 Å². The zero-order valence-electron chi connectivity index (χ0n) is 7.80. The number of hydrogen-bond acceptors (Lipinski definition) is 4. The lowest BCUT2D eigenvalue weighted by molar-refractivity contribution is -0.103. The van der Waals surface area contributed by atoms with E-state index in [4.69, 9.17) is 9.47 Å². The normalized spacial score (nSPS) is 21.9. The molecule has 1 aliphatic rings. The molecular weight excluding hydrogens is 254 g/mol. The topological polar surface area (TPSA) is 30.5 Å². The third-order valence-electron chi connectivity index (χ3n) is 1.77. The van der Waals surface area contributed by atoms with Gasteiger partial charge >= 0.3 is 0 Å². The van der Waals surface area contributed by atoms with Crippen molar-refractivity contribution in [1.82, 2.24) is 5.32 Å². The summed E-state index contributed by atoms with van der Waals surface area (Å²) in [4.78, 5) is 1.06. The molecule has 0 bridgehead atoms. The molecule has 1 aliphatic heterocycles. The Bertz CT molecular complexity index is 193. The fourth-order valence-electron chi connectivity index (χ4n) is 1.15. The monoisotopic (exact) mass is 267 g/mol. The summed E-state index contributed by atoms with van der Waals surface area (Å²) in [6, 6.07) is 0. The maximum absolute atomic E-state index is 5.54. The van der Waals surface area contributed by atoms with Crippen LogP contribution < -0.4 is 5.32 Å². The number of rotatable bonds is 4. The van der Waals surface area contributed by atoms with Gasteiger partial charge in [-0.05, 0) is 6.92 Å². The van der Waals surface area contributed by atoms with Crippen molar-refractivity contribution in [3.8, 4) is 0 Å². The highest BCUT2D eigenvalue weighted by Gasteiger charge is 2.35. The second-order valence-electron chi connectivity index (χ2n) is 2.69. The molecule has 5 heteroatoms. The maximum atomic E-state index is 5.54. The molecule has 0 amide bonds. The molecule has 1 rings (SSSR count). The van der Waals surface area contributed by atoms with Crippen LogP contribution in [-0.2, 0) is 9.47 Å². The minimum Gasteiger partial charge on any atom is -0.393 e. The van der Waals surface area contributed by atoms with Crippen LogP contribution in [-0.4, -0.2) is 30.7 Å². The predicted molar refractivity (Wildman–Crippen MR) is 58.8 cm³/mol. The molecular formula is C8H14BrNO2S. The van der Waals surface area contributed by atoms with E-state index in [0.717, 1.165) is 9.57 Å². The van der Waals surface area contributed by atoms with Crippen LogP contribution in [0.4, 0.5) is 0 Å². The molecule has 0 aromatic carbocycles. The first kappa shape index (κ1) is 11.4. The Kier molecular flexibility index (Phi) is 4.58. The Morgan fingerprint density at radius 2 is 2.23 bits per heavy atom. The van der Waals surface area contributed by atoms with E-state index < -0.39 is 5.79 Å². The van der Waals surface area contributed by atoms with Crippen molar-refractivity contribution in [2.24, 2.45) is 0 Å². The van der Waals surface area contributed by atoms with Crippen LogP contribution in [0.1, 0.15) is 6.92 Å². The van der Waals surface area contributed by atoms with E-state index in [2.05, 4.69) is 21.2 Å². The molecule has 0 aromatic rings. The first-order valence-corrected chi connectivity index (χ1v) is 6.18.